The van der Waals surface area contributed by atoms with E-state index in [4.69, 9.17) is 10.5 Å². The van der Waals surface area contributed by atoms with Crippen molar-refractivity contribution in [3.63, 3.8) is 0 Å². The first-order valence-electron chi connectivity index (χ1n) is 10.6. The molecule has 4 aromatic carbocycles. The molecule has 4 rings (SSSR count). The fourth-order valence-corrected chi connectivity index (χ4v) is 3.76. The van der Waals surface area contributed by atoms with Gasteiger partial charge in [-0.25, -0.2) is 8.78 Å². The van der Waals surface area contributed by atoms with Gasteiger partial charge in [-0.3, -0.25) is 9.59 Å². The molecule has 0 aromatic heterocycles. The van der Waals surface area contributed by atoms with Crippen molar-refractivity contribution in [1.29, 1.82) is 0 Å². The molecule has 8 heteroatoms. The molecule has 0 saturated heterocycles. The molecule has 4 aromatic rings. The van der Waals surface area contributed by atoms with Crippen LogP contribution in [0.3, 0.4) is 0 Å². The Morgan fingerprint density at radius 1 is 0.971 bits per heavy atom. The summed E-state index contributed by atoms with van der Waals surface area (Å²) in [6.45, 7) is 2.16. The number of benzene rings is 3. The number of anilines is 3. The Kier molecular flexibility index (Phi) is 6.43. The van der Waals surface area contributed by atoms with Gasteiger partial charge in [0.05, 0.1) is 7.11 Å². The summed E-state index contributed by atoms with van der Waals surface area (Å²) in [4.78, 5) is 23.5. The maximum Gasteiger partial charge on any atom is 0.253 e. The summed E-state index contributed by atoms with van der Waals surface area (Å²) in [5.74, 6) is -1.11. The monoisotopic (exact) mass is 463 g/mol. The number of nitrogens with two attached hydrogens (primary N) is 1. The van der Waals surface area contributed by atoms with Crippen molar-refractivity contribution in [2.75, 3.05) is 18.2 Å². The number of halogens is 2. The molecule has 0 heterocycles. The predicted molar refractivity (Wildman–Crippen MR) is 129 cm³/mol. The fourth-order valence-electron chi connectivity index (χ4n) is 3.76. The lowest BCUT2D eigenvalue weighted by atomic mass is 9.97. The number of hydrogen-bond donors (Lipinski definition) is 3. The molecular weight excluding hydrogens is 440 g/mol. The highest BCUT2D eigenvalue weighted by molar-refractivity contribution is 5.81. The molecule has 0 aliphatic carbocycles. The van der Waals surface area contributed by atoms with Gasteiger partial charge in [0.2, 0.25) is 0 Å². The average molecular weight is 463 g/mol. The van der Waals surface area contributed by atoms with Crippen LogP contribution >= 0.6 is 0 Å². The molecule has 4 N–H and O–H groups in total. The Balaban J connectivity index is 1.69. The van der Waals surface area contributed by atoms with Gasteiger partial charge in [-0.1, -0.05) is 30.3 Å². The van der Waals surface area contributed by atoms with Gasteiger partial charge in [0.1, 0.15) is 17.1 Å². The maximum absolute atomic E-state index is 13.7. The zero-order valence-electron chi connectivity index (χ0n) is 18.6. The van der Waals surface area contributed by atoms with Crippen LogP contribution in [-0.4, -0.2) is 7.11 Å². The van der Waals surface area contributed by atoms with Crippen molar-refractivity contribution in [3.05, 3.63) is 104 Å². The third-order valence-corrected chi connectivity index (χ3v) is 5.81. The summed E-state index contributed by atoms with van der Waals surface area (Å²) in [6, 6.07) is 16.5. The molecule has 1 unspecified atom stereocenters. The molecule has 34 heavy (non-hydrogen) atoms. The van der Waals surface area contributed by atoms with Crippen LogP contribution in [0.4, 0.5) is 25.8 Å². The minimum atomic E-state index is -0.914. The lowest BCUT2D eigenvalue weighted by Gasteiger charge is -2.21. The summed E-state index contributed by atoms with van der Waals surface area (Å²) in [5, 5.41) is 6.32. The van der Waals surface area contributed by atoms with E-state index in [2.05, 4.69) is 10.6 Å². The van der Waals surface area contributed by atoms with Crippen LogP contribution in [0.25, 0.3) is 11.1 Å². The largest absolute Gasteiger partial charge is 0.497 e. The smallest absolute Gasteiger partial charge is 0.253 e. The minimum absolute atomic E-state index is 0.0618. The number of hydrogen-bond acceptors (Lipinski definition) is 6. The van der Waals surface area contributed by atoms with Crippen molar-refractivity contribution in [1.82, 2.24) is 5.32 Å². The molecule has 174 valence electrons. The number of methoxy groups -OCH3 is 1. The molecule has 0 fully saturated rings. The highest BCUT2D eigenvalue weighted by atomic mass is 19.2. The van der Waals surface area contributed by atoms with Crippen LogP contribution in [0.5, 0.6) is 5.75 Å². The Bertz CT molecular complexity index is 1410. The van der Waals surface area contributed by atoms with E-state index in [1.807, 2.05) is 43.3 Å². The highest BCUT2D eigenvalue weighted by Gasteiger charge is 2.20. The quantitative estimate of drug-likeness (QED) is 0.335. The van der Waals surface area contributed by atoms with E-state index in [0.717, 1.165) is 28.8 Å². The molecule has 0 amide bonds. The normalized spacial score (nSPS) is 12.0. The second-order valence-corrected chi connectivity index (χ2v) is 7.91. The summed E-state index contributed by atoms with van der Waals surface area (Å²) in [7, 11) is 1.59. The topological polar surface area (TPSA) is 93.4 Å². The third-order valence-electron chi connectivity index (χ3n) is 5.81. The van der Waals surface area contributed by atoms with Gasteiger partial charge in [-0.15, -0.1) is 0 Å². The molecule has 0 spiro atoms. The number of nitrogen functional groups attached to an aromatic ring is 1. The van der Waals surface area contributed by atoms with Crippen molar-refractivity contribution < 1.29 is 13.5 Å². The summed E-state index contributed by atoms with van der Waals surface area (Å²) in [5.41, 5.74) is 8.05. The van der Waals surface area contributed by atoms with E-state index in [1.54, 1.807) is 13.2 Å². The van der Waals surface area contributed by atoms with Crippen LogP contribution in [-0.2, 0) is 6.54 Å². The van der Waals surface area contributed by atoms with Gasteiger partial charge in [0.15, 0.2) is 11.6 Å². The zero-order valence-corrected chi connectivity index (χ0v) is 18.6. The lowest BCUT2D eigenvalue weighted by molar-refractivity contribution is 0.415. The van der Waals surface area contributed by atoms with Gasteiger partial charge in [0.25, 0.3) is 10.9 Å². The summed E-state index contributed by atoms with van der Waals surface area (Å²) >= 11 is 0. The van der Waals surface area contributed by atoms with Crippen LogP contribution in [0.15, 0.2) is 70.3 Å². The molecule has 6 nitrogen and oxygen atoms in total. The Hall–Kier alpha value is -4.04. The van der Waals surface area contributed by atoms with Gasteiger partial charge in [0, 0.05) is 18.3 Å². The number of ether oxygens (including phenoxy) is 1. The zero-order chi connectivity index (χ0) is 24.4. The number of rotatable bonds is 8. The van der Waals surface area contributed by atoms with E-state index in [0.29, 0.717) is 23.5 Å². The van der Waals surface area contributed by atoms with E-state index >= 15 is 0 Å². The fraction of sp³-hybridized carbons (Fsp3) is 0.154. The van der Waals surface area contributed by atoms with E-state index < -0.39 is 22.5 Å². The van der Waals surface area contributed by atoms with Crippen LogP contribution in [0.1, 0.15) is 24.1 Å². The van der Waals surface area contributed by atoms with Crippen LogP contribution < -0.4 is 32.0 Å². The number of nitrogens with one attached hydrogen (secondary N) is 2. The summed E-state index contributed by atoms with van der Waals surface area (Å²) in [6.07, 6.45) is 0. The van der Waals surface area contributed by atoms with Crippen molar-refractivity contribution >= 4 is 17.1 Å². The van der Waals surface area contributed by atoms with Gasteiger partial charge >= 0.3 is 0 Å². The first-order chi connectivity index (χ1) is 16.3. The molecule has 0 aliphatic heterocycles. The lowest BCUT2D eigenvalue weighted by Crippen LogP contribution is -2.36. The van der Waals surface area contributed by atoms with Gasteiger partial charge in [-0.2, -0.15) is 0 Å². The molecule has 0 aliphatic rings. The minimum Gasteiger partial charge on any atom is -0.497 e. The second kappa shape index (κ2) is 9.44. The molecule has 1 atom stereocenters. The molecule has 0 saturated carbocycles. The van der Waals surface area contributed by atoms with Crippen LogP contribution in [0.2, 0.25) is 0 Å². The molecule has 0 bridgehead atoms. The van der Waals surface area contributed by atoms with Gasteiger partial charge in [-0.05, 0) is 59.5 Å². The van der Waals surface area contributed by atoms with Crippen molar-refractivity contribution in [2.24, 2.45) is 0 Å². The van der Waals surface area contributed by atoms with E-state index in [-0.39, 0.29) is 17.4 Å². The second-order valence-electron chi connectivity index (χ2n) is 7.91. The molecular formula is C26H23F2N3O3. The van der Waals surface area contributed by atoms with E-state index in [1.165, 1.54) is 6.07 Å². The molecule has 0 radical (unpaired) electrons. The predicted octanol–water partition coefficient (Wildman–Crippen LogP) is 4.41. The highest BCUT2D eigenvalue weighted by Crippen LogP contribution is 2.33. The third kappa shape index (κ3) is 4.40. The van der Waals surface area contributed by atoms with Gasteiger partial charge < -0.3 is 21.1 Å². The first kappa shape index (κ1) is 23.1. The maximum atomic E-state index is 13.7. The average Bonchev–Trinajstić information content (AvgIpc) is 2.86. The van der Waals surface area contributed by atoms with E-state index in [9.17, 15) is 18.4 Å². The van der Waals surface area contributed by atoms with Crippen molar-refractivity contribution in [2.45, 2.75) is 19.5 Å². The standard InChI is InChI=1S/C26H23F2N3O3/c1-14(16-8-11-20(27)21(28)12-16)30-13-19-18(15-6-9-17(34-2)10-7-15)4-3-5-22(19)31-24-23(29)25(32)26(24)33/h3-12,14,30-31H,13,29H2,1-2H3. The first-order valence-corrected chi connectivity index (χ1v) is 10.6. The van der Waals surface area contributed by atoms with Crippen LogP contribution in [0, 0.1) is 11.6 Å². The Morgan fingerprint density at radius 2 is 1.71 bits per heavy atom. The Labute approximate surface area is 194 Å². The van der Waals surface area contributed by atoms with Crippen molar-refractivity contribution in [3.8, 4) is 16.9 Å². The Morgan fingerprint density at radius 3 is 2.35 bits per heavy atom. The SMILES string of the molecule is COc1ccc(-c2cccc(Nc3c(N)c(=O)c3=O)c2CNC(C)c2ccc(F)c(F)c2)cc1. The summed E-state index contributed by atoms with van der Waals surface area (Å²) < 4.78 is 32.3.